The van der Waals surface area contributed by atoms with Gasteiger partial charge in [0, 0.05) is 6.61 Å². The summed E-state index contributed by atoms with van der Waals surface area (Å²) < 4.78 is 6.47. The molecule has 2 heteroatoms. The Morgan fingerprint density at radius 1 is 0.955 bits per heavy atom. The summed E-state index contributed by atoms with van der Waals surface area (Å²) in [5.41, 5.74) is 5.20. The average molecular weight is 295 g/mol. The molecule has 0 saturated carbocycles. The number of fused-ring (bicyclic) bond motifs is 2. The molecule has 0 fully saturated rings. The number of nitrogens with one attached hydrogen (secondary N) is 1. The van der Waals surface area contributed by atoms with Crippen LogP contribution in [-0.4, -0.2) is 20.2 Å². The molecule has 1 aliphatic carbocycles. The molecular formula is C20H25NO. The topological polar surface area (TPSA) is 21.3 Å². The van der Waals surface area contributed by atoms with E-state index in [0.29, 0.717) is 6.61 Å². The Morgan fingerprint density at radius 3 is 2.00 bits per heavy atom. The zero-order valence-corrected chi connectivity index (χ0v) is 13.6. The zero-order valence-electron chi connectivity index (χ0n) is 13.6. The summed E-state index contributed by atoms with van der Waals surface area (Å²) >= 11 is 0. The Balaban J connectivity index is 2.23. The van der Waals surface area contributed by atoms with Gasteiger partial charge in [-0.15, -0.1) is 0 Å². The molecule has 22 heavy (non-hydrogen) atoms. The van der Waals surface area contributed by atoms with Gasteiger partial charge in [-0.1, -0.05) is 48.5 Å². The van der Waals surface area contributed by atoms with E-state index in [0.717, 1.165) is 25.8 Å². The van der Waals surface area contributed by atoms with Crippen LogP contribution in [0.4, 0.5) is 0 Å². The van der Waals surface area contributed by atoms with Crippen LogP contribution in [0.5, 0.6) is 0 Å². The molecule has 0 aromatic heterocycles. The van der Waals surface area contributed by atoms with Crippen LogP contribution in [0.2, 0.25) is 0 Å². The lowest BCUT2D eigenvalue weighted by Crippen LogP contribution is -2.35. The van der Waals surface area contributed by atoms with Crippen LogP contribution in [0.15, 0.2) is 48.5 Å². The zero-order chi connectivity index (χ0) is 15.4. The standard InChI is InChI=1S/C20H25NO/c1-3-22-20(14-15-21-2)18-10-6-4-8-16(18)12-13-17-9-5-7-11-19(17)20/h4-11,21H,3,12-15H2,1-2H3. The van der Waals surface area contributed by atoms with Gasteiger partial charge in [0.1, 0.15) is 5.60 Å². The summed E-state index contributed by atoms with van der Waals surface area (Å²) in [5, 5.41) is 3.30. The molecule has 3 rings (SSSR count). The third-order valence-corrected chi connectivity index (χ3v) is 4.69. The van der Waals surface area contributed by atoms with E-state index in [-0.39, 0.29) is 5.60 Å². The van der Waals surface area contributed by atoms with Crippen molar-refractivity contribution in [1.82, 2.24) is 5.32 Å². The van der Waals surface area contributed by atoms with E-state index in [1.54, 1.807) is 0 Å². The van der Waals surface area contributed by atoms with Crippen molar-refractivity contribution in [2.75, 3.05) is 20.2 Å². The predicted octanol–water partition coefficient (Wildman–Crippen LogP) is 3.67. The van der Waals surface area contributed by atoms with Crippen LogP contribution in [0, 0.1) is 0 Å². The molecule has 116 valence electrons. The van der Waals surface area contributed by atoms with Gasteiger partial charge in [-0.2, -0.15) is 0 Å². The Hall–Kier alpha value is -1.64. The molecule has 2 nitrogen and oxygen atoms in total. The van der Waals surface area contributed by atoms with Crippen LogP contribution in [0.1, 0.15) is 35.6 Å². The maximum atomic E-state index is 6.47. The molecule has 1 N–H and O–H groups in total. The minimum atomic E-state index is -0.332. The van der Waals surface area contributed by atoms with Crippen LogP contribution < -0.4 is 5.32 Å². The lowest BCUT2D eigenvalue weighted by Gasteiger charge is -2.36. The number of rotatable bonds is 5. The van der Waals surface area contributed by atoms with E-state index in [1.165, 1.54) is 22.3 Å². The van der Waals surface area contributed by atoms with Gasteiger partial charge in [-0.25, -0.2) is 0 Å². The molecule has 1 aliphatic rings. The third-order valence-electron chi connectivity index (χ3n) is 4.69. The largest absolute Gasteiger partial charge is 0.366 e. The number of hydrogen-bond donors (Lipinski definition) is 1. The summed E-state index contributed by atoms with van der Waals surface area (Å²) in [4.78, 5) is 0. The molecule has 0 aliphatic heterocycles. The summed E-state index contributed by atoms with van der Waals surface area (Å²) in [7, 11) is 2.01. The van der Waals surface area contributed by atoms with Gasteiger partial charge >= 0.3 is 0 Å². The summed E-state index contributed by atoms with van der Waals surface area (Å²) in [6, 6.07) is 17.6. The molecule has 0 spiro atoms. The van der Waals surface area contributed by atoms with E-state index in [4.69, 9.17) is 4.74 Å². The molecule has 0 amide bonds. The lowest BCUT2D eigenvalue weighted by molar-refractivity contribution is -0.0174. The van der Waals surface area contributed by atoms with E-state index in [2.05, 4.69) is 60.8 Å². The molecule has 2 aromatic carbocycles. The van der Waals surface area contributed by atoms with Crippen molar-refractivity contribution < 1.29 is 4.74 Å². The van der Waals surface area contributed by atoms with Crippen molar-refractivity contribution >= 4 is 0 Å². The normalized spacial score (nSPS) is 15.7. The molecule has 0 heterocycles. The Kier molecular flexibility index (Phi) is 4.60. The third kappa shape index (κ3) is 2.57. The smallest absolute Gasteiger partial charge is 0.120 e. The van der Waals surface area contributed by atoms with Crippen LogP contribution in [0.25, 0.3) is 0 Å². The SMILES string of the molecule is CCOC1(CCNC)c2ccccc2CCc2ccccc21. The molecule has 0 saturated heterocycles. The highest BCUT2D eigenvalue weighted by Crippen LogP contribution is 2.42. The van der Waals surface area contributed by atoms with Gasteiger partial charge in [0.2, 0.25) is 0 Å². The first kappa shape index (κ1) is 15.3. The van der Waals surface area contributed by atoms with E-state index < -0.39 is 0 Å². The van der Waals surface area contributed by atoms with Crippen molar-refractivity contribution in [3.63, 3.8) is 0 Å². The predicted molar refractivity (Wildman–Crippen MR) is 91.2 cm³/mol. The van der Waals surface area contributed by atoms with Crippen LogP contribution in [-0.2, 0) is 23.2 Å². The number of ether oxygens (including phenoxy) is 1. The van der Waals surface area contributed by atoms with Gasteiger partial charge in [-0.05, 0) is 62.0 Å². The summed E-state index contributed by atoms with van der Waals surface area (Å²) in [5.74, 6) is 0. The minimum absolute atomic E-state index is 0.332. The fourth-order valence-electron chi connectivity index (χ4n) is 3.72. The maximum absolute atomic E-state index is 6.47. The molecule has 0 unspecified atom stereocenters. The highest BCUT2D eigenvalue weighted by Gasteiger charge is 2.39. The Bertz CT molecular complexity index is 588. The van der Waals surface area contributed by atoms with E-state index in [9.17, 15) is 0 Å². The molecular weight excluding hydrogens is 270 g/mol. The highest BCUT2D eigenvalue weighted by molar-refractivity contribution is 5.47. The first-order chi connectivity index (χ1) is 10.8. The fraction of sp³-hybridized carbons (Fsp3) is 0.400. The molecule has 0 bridgehead atoms. The second-order valence-corrected chi connectivity index (χ2v) is 5.93. The second kappa shape index (κ2) is 6.64. The van der Waals surface area contributed by atoms with Crippen LogP contribution in [0.3, 0.4) is 0 Å². The average Bonchev–Trinajstić information content (AvgIpc) is 2.70. The first-order valence-corrected chi connectivity index (χ1v) is 8.27. The van der Waals surface area contributed by atoms with Crippen molar-refractivity contribution in [1.29, 1.82) is 0 Å². The molecule has 0 radical (unpaired) electrons. The fourth-order valence-corrected chi connectivity index (χ4v) is 3.72. The van der Waals surface area contributed by atoms with Crippen molar-refractivity contribution in [3.8, 4) is 0 Å². The number of aryl methyl sites for hydroxylation is 2. The minimum Gasteiger partial charge on any atom is -0.366 e. The van der Waals surface area contributed by atoms with Crippen molar-refractivity contribution in [3.05, 3.63) is 70.8 Å². The molecule has 0 atom stereocenters. The van der Waals surface area contributed by atoms with Gasteiger partial charge in [0.15, 0.2) is 0 Å². The van der Waals surface area contributed by atoms with Crippen LogP contribution >= 0.6 is 0 Å². The number of benzene rings is 2. The highest BCUT2D eigenvalue weighted by atomic mass is 16.5. The first-order valence-electron chi connectivity index (χ1n) is 8.27. The molecule has 2 aromatic rings. The Labute approximate surface area is 133 Å². The van der Waals surface area contributed by atoms with Crippen molar-refractivity contribution in [2.45, 2.75) is 31.8 Å². The summed E-state index contributed by atoms with van der Waals surface area (Å²) in [6.07, 6.45) is 3.12. The van der Waals surface area contributed by atoms with Crippen molar-refractivity contribution in [2.24, 2.45) is 0 Å². The van der Waals surface area contributed by atoms with Gasteiger partial charge in [0.25, 0.3) is 0 Å². The lowest BCUT2D eigenvalue weighted by atomic mass is 9.80. The van der Waals surface area contributed by atoms with E-state index in [1.807, 2.05) is 7.05 Å². The maximum Gasteiger partial charge on any atom is 0.120 e. The Morgan fingerprint density at radius 2 is 1.50 bits per heavy atom. The van der Waals surface area contributed by atoms with Gasteiger partial charge in [-0.3, -0.25) is 0 Å². The van der Waals surface area contributed by atoms with E-state index >= 15 is 0 Å². The van der Waals surface area contributed by atoms with Gasteiger partial charge in [0.05, 0.1) is 0 Å². The number of hydrogen-bond acceptors (Lipinski definition) is 2. The van der Waals surface area contributed by atoms with Gasteiger partial charge < -0.3 is 10.1 Å². The second-order valence-electron chi connectivity index (χ2n) is 5.93. The monoisotopic (exact) mass is 295 g/mol. The quantitative estimate of drug-likeness (QED) is 0.908. The summed E-state index contributed by atoms with van der Waals surface area (Å²) in [6.45, 7) is 3.74.